The van der Waals surface area contributed by atoms with Crippen molar-refractivity contribution in [2.24, 2.45) is 11.8 Å². The minimum absolute atomic E-state index is 0.340. The van der Waals surface area contributed by atoms with Gasteiger partial charge in [0.2, 0.25) is 11.8 Å². The van der Waals surface area contributed by atoms with Gasteiger partial charge in [-0.25, -0.2) is 4.79 Å². The molecule has 0 radical (unpaired) electrons. The number of carboxylic acids is 1. The average molecular weight is 211 g/mol. The first kappa shape index (κ1) is 10.1. The van der Waals surface area contributed by atoms with Crippen LogP contribution in [0, 0.1) is 11.8 Å². The van der Waals surface area contributed by atoms with Gasteiger partial charge in [-0.3, -0.25) is 14.5 Å². The molecule has 2 rings (SSSR count). The molecule has 2 fully saturated rings. The molecule has 0 bridgehead atoms. The largest absolute Gasteiger partial charge is 0.479 e. The molecule has 2 unspecified atom stereocenters. The molecule has 2 amide bonds. The first-order valence-electron chi connectivity index (χ1n) is 5.03. The van der Waals surface area contributed by atoms with Crippen LogP contribution in [0.25, 0.3) is 0 Å². The van der Waals surface area contributed by atoms with E-state index >= 15 is 0 Å². The van der Waals surface area contributed by atoms with E-state index in [1.165, 1.54) is 0 Å². The van der Waals surface area contributed by atoms with Crippen LogP contribution in [-0.4, -0.2) is 33.3 Å². The Morgan fingerprint density at radius 2 is 1.67 bits per heavy atom. The van der Waals surface area contributed by atoms with Gasteiger partial charge in [-0.1, -0.05) is 13.8 Å². The van der Waals surface area contributed by atoms with Crippen molar-refractivity contribution < 1.29 is 19.5 Å². The lowest BCUT2D eigenvalue weighted by Crippen LogP contribution is -2.47. The number of aliphatic carboxylic acids is 1. The van der Waals surface area contributed by atoms with Gasteiger partial charge in [0.25, 0.3) is 0 Å². The van der Waals surface area contributed by atoms with Crippen molar-refractivity contribution in [3.8, 4) is 0 Å². The summed E-state index contributed by atoms with van der Waals surface area (Å²) >= 11 is 0. The Balaban J connectivity index is 2.35. The van der Waals surface area contributed by atoms with Crippen LogP contribution >= 0.6 is 0 Å². The number of imide groups is 1. The molecule has 2 aliphatic rings. The Kier molecular flexibility index (Phi) is 1.90. The number of amides is 2. The summed E-state index contributed by atoms with van der Waals surface area (Å²) in [7, 11) is 0. The molecule has 0 aromatic carbocycles. The van der Waals surface area contributed by atoms with Crippen LogP contribution in [0.2, 0.25) is 0 Å². The van der Waals surface area contributed by atoms with E-state index in [1.54, 1.807) is 13.8 Å². The van der Waals surface area contributed by atoms with Gasteiger partial charge in [0.1, 0.15) is 5.54 Å². The van der Waals surface area contributed by atoms with E-state index in [0.717, 1.165) is 4.90 Å². The first-order valence-corrected chi connectivity index (χ1v) is 5.03. The molecule has 0 aromatic heterocycles. The lowest BCUT2D eigenvalue weighted by molar-refractivity contribution is -0.156. The van der Waals surface area contributed by atoms with E-state index in [-0.39, 0.29) is 11.8 Å². The molecule has 1 aliphatic heterocycles. The summed E-state index contributed by atoms with van der Waals surface area (Å²) in [5, 5.41) is 9.03. The molecule has 82 valence electrons. The number of carbonyl (C=O) groups is 3. The first-order chi connectivity index (χ1) is 6.92. The summed E-state index contributed by atoms with van der Waals surface area (Å²) in [5.41, 5.74) is -1.22. The Labute approximate surface area is 87.1 Å². The molecular weight excluding hydrogens is 198 g/mol. The smallest absolute Gasteiger partial charge is 0.330 e. The van der Waals surface area contributed by atoms with Crippen molar-refractivity contribution in [3.05, 3.63) is 0 Å². The number of nitrogens with zero attached hydrogens (tertiary/aromatic N) is 1. The molecule has 5 heteroatoms. The Hall–Kier alpha value is -1.39. The highest BCUT2D eigenvalue weighted by atomic mass is 16.4. The highest BCUT2D eigenvalue weighted by Gasteiger charge is 2.63. The lowest BCUT2D eigenvalue weighted by atomic mass is 10.00. The topological polar surface area (TPSA) is 74.7 Å². The van der Waals surface area contributed by atoms with Crippen LogP contribution in [0.1, 0.15) is 26.7 Å². The maximum absolute atomic E-state index is 11.8. The fraction of sp³-hybridized carbons (Fsp3) is 0.700. The van der Waals surface area contributed by atoms with Crippen LogP contribution in [-0.2, 0) is 14.4 Å². The van der Waals surface area contributed by atoms with Crippen molar-refractivity contribution in [2.45, 2.75) is 32.2 Å². The third kappa shape index (κ3) is 1.12. The van der Waals surface area contributed by atoms with E-state index < -0.39 is 23.3 Å². The minimum Gasteiger partial charge on any atom is -0.479 e. The normalized spacial score (nSPS) is 33.3. The minimum atomic E-state index is -1.22. The van der Waals surface area contributed by atoms with Gasteiger partial charge in [0.15, 0.2) is 0 Å². The molecule has 1 heterocycles. The van der Waals surface area contributed by atoms with Gasteiger partial charge in [0, 0.05) is 11.8 Å². The summed E-state index contributed by atoms with van der Waals surface area (Å²) < 4.78 is 0. The van der Waals surface area contributed by atoms with Crippen molar-refractivity contribution in [2.75, 3.05) is 0 Å². The van der Waals surface area contributed by atoms with Gasteiger partial charge in [0.05, 0.1) is 0 Å². The van der Waals surface area contributed by atoms with Crippen molar-refractivity contribution in [1.82, 2.24) is 4.90 Å². The van der Waals surface area contributed by atoms with Crippen molar-refractivity contribution in [3.63, 3.8) is 0 Å². The predicted molar refractivity (Wildman–Crippen MR) is 49.8 cm³/mol. The quantitative estimate of drug-likeness (QED) is 0.664. The van der Waals surface area contributed by atoms with Crippen LogP contribution in [0.15, 0.2) is 0 Å². The Morgan fingerprint density at radius 3 is 1.93 bits per heavy atom. The number of hydrogen-bond donors (Lipinski definition) is 1. The molecule has 5 nitrogen and oxygen atoms in total. The van der Waals surface area contributed by atoms with Crippen LogP contribution in [0.4, 0.5) is 0 Å². The van der Waals surface area contributed by atoms with Gasteiger partial charge >= 0.3 is 5.97 Å². The standard InChI is InChI=1S/C10H13NO4/c1-5-6(2)8(13)11(7(5)12)10(3-4-10)9(14)15/h5-6H,3-4H2,1-2H3,(H,14,15). The van der Waals surface area contributed by atoms with E-state index in [4.69, 9.17) is 5.11 Å². The third-order valence-corrected chi connectivity index (χ3v) is 3.52. The second-order valence-electron chi connectivity index (χ2n) is 4.43. The monoisotopic (exact) mass is 211 g/mol. The number of likely N-dealkylation sites (tertiary alicyclic amines) is 1. The molecule has 1 saturated heterocycles. The molecule has 0 aromatic rings. The van der Waals surface area contributed by atoms with E-state index in [1.807, 2.05) is 0 Å². The zero-order valence-corrected chi connectivity index (χ0v) is 8.69. The van der Waals surface area contributed by atoms with Crippen molar-refractivity contribution in [1.29, 1.82) is 0 Å². The van der Waals surface area contributed by atoms with Crippen LogP contribution in [0.5, 0.6) is 0 Å². The van der Waals surface area contributed by atoms with Crippen LogP contribution in [0.3, 0.4) is 0 Å². The fourth-order valence-electron chi connectivity index (χ4n) is 2.02. The third-order valence-electron chi connectivity index (χ3n) is 3.52. The van der Waals surface area contributed by atoms with Gasteiger partial charge in [-0.05, 0) is 12.8 Å². The van der Waals surface area contributed by atoms with E-state index in [2.05, 4.69) is 0 Å². The second-order valence-corrected chi connectivity index (χ2v) is 4.43. The maximum Gasteiger partial charge on any atom is 0.330 e. The highest BCUT2D eigenvalue weighted by molar-refractivity contribution is 6.09. The Bertz CT molecular complexity index is 338. The van der Waals surface area contributed by atoms with Gasteiger partial charge in [-0.2, -0.15) is 0 Å². The summed E-state index contributed by atoms with van der Waals surface area (Å²) in [6, 6.07) is 0. The lowest BCUT2D eigenvalue weighted by Gasteiger charge is -2.22. The maximum atomic E-state index is 11.8. The SMILES string of the molecule is CC1C(=O)N(C2(C(=O)O)CC2)C(=O)C1C. The zero-order chi connectivity index (χ0) is 11.4. The number of hydrogen-bond acceptors (Lipinski definition) is 3. The molecular formula is C10H13NO4. The van der Waals surface area contributed by atoms with E-state index in [0.29, 0.717) is 12.8 Å². The second kappa shape index (κ2) is 2.81. The molecule has 1 saturated carbocycles. The number of carboxylic acid groups (broad SMARTS) is 1. The molecule has 2 atom stereocenters. The number of carbonyl (C=O) groups excluding carboxylic acids is 2. The van der Waals surface area contributed by atoms with Crippen LogP contribution < -0.4 is 0 Å². The molecule has 15 heavy (non-hydrogen) atoms. The van der Waals surface area contributed by atoms with Gasteiger partial charge in [-0.15, -0.1) is 0 Å². The average Bonchev–Trinajstić information content (AvgIpc) is 2.93. The molecule has 0 spiro atoms. The van der Waals surface area contributed by atoms with Gasteiger partial charge < -0.3 is 5.11 Å². The predicted octanol–water partition coefficient (Wildman–Crippen LogP) is 0.245. The summed E-state index contributed by atoms with van der Waals surface area (Å²) in [6.45, 7) is 3.34. The van der Waals surface area contributed by atoms with E-state index in [9.17, 15) is 14.4 Å². The summed E-state index contributed by atoms with van der Waals surface area (Å²) in [4.78, 5) is 35.5. The fourth-order valence-corrected chi connectivity index (χ4v) is 2.02. The Morgan fingerprint density at radius 1 is 1.27 bits per heavy atom. The number of rotatable bonds is 2. The highest BCUT2D eigenvalue weighted by Crippen LogP contribution is 2.46. The molecule has 1 N–H and O–H groups in total. The van der Waals surface area contributed by atoms with Crippen molar-refractivity contribution >= 4 is 17.8 Å². The summed E-state index contributed by atoms with van der Waals surface area (Å²) in [5.74, 6) is -2.53. The zero-order valence-electron chi connectivity index (χ0n) is 8.69. The summed E-state index contributed by atoms with van der Waals surface area (Å²) in [6.07, 6.45) is 0.776. The molecule has 1 aliphatic carbocycles.